The largest absolute Gasteiger partial charge is 0.325 e. The molecule has 178 valence electrons. The Morgan fingerprint density at radius 2 is 1.56 bits per heavy atom. The molecule has 0 saturated heterocycles. The summed E-state index contributed by atoms with van der Waals surface area (Å²) in [6, 6.07) is 30.4. The lowest BCUT2D eigenvalue weighted by Gasteiger charge is -2.14. The highest BCUT2D eigenvalue weighted by molar-refractivity contribution is 7.99. The van der Waals surface area contributed by atoms with Crippen molar-refractivity contribution in [3.05, 3.63) is 130 Å². The number of carbonyl (C=O) groups is 1. The minimum absolute atomic E-state index is 0.0473. The molecule has 5 aromatic rings. The highest BCUT2D eigenvalue weighted by Crippen LogP contribution is 2.23. The van der Waals surface area contributed by atoms with Gasteiger partial charge in [-0.15, -0.1) is 0 Å². The van der Waals surface area contributed by atoms with Crippen molar-refractivity contribution < 1.29 is 9.18 Å². The second-order valence-electron chi connectivity index (χ2n) is 8.18. The lowest BCUT2D eigenvalue weighted by molar-refractivity contribution is -0.113. The second kappa shape index (κ2) is 10.6. The molecular formula is C29H22FN3O2S. The first kappa shape index (κ1) is 23.5. The topological polar surface area (TPSA) is 64.0 Å². The number of fused-ring (bicyclic) bond motifs is 1. The third kappa shape index (κ3) is 5.21. The van der Waals surface area contributed by atoms with Crippen LogP contribution < -0.4 is 10.9 Å². The molecule has 1 aromatic heterocycles. The van der Waals surface area contributed by atoms with Crippen LogP contribution in [0.1, 0.15) is 11.1 Å². The first-order chi connectivity index (χ1) is 17.6. The molecule has 1 amide bonds. The van der Waals surface area contributed by atoms with Gasteiger partial charge in [-0.05, 0) is 60.0 Å². The van der Waals surface area contributed by atoms with Gasteiger partial charge in [0.2, 0.25) is 5.91 Å². The number of para-hydroxylation sites is 2. The van der Waals surface area contributed by atoms with Gasteiger partial charge < -0.3 is 5.32 Å². The van der Waals surface area contributed by atoms with E-state index in [2.05, 4.69) is 22.4 Å². The van der Waals surface area contributed by atoms with E-state index in [-0.39, 0.29) is 17.2 Å². The number of hydrogen-bond acceptors (Lipinski definition) is 4. The molecule has 1 N–H and O–H groups in total. The maximum atomic E-state index is 13.5. The van der Waals surface area contributed by atoms with Crippen LogP contribution in [0.2, 0.25) is 0 Å². The van der Waals surface area contributed by atoms with E-state index in [4.69, 9.17) is 0 Å². The quantitative estimate of drug-likeness (QED) is 0.227. The monoisotopic (exact) mass is 495 g/mol. The number of aromatic nitrogens is 2. The van der Waals surface area contributed by atoms with Crippen LogP contribution in [0.15, 0.2) is 113 Å². The Morgan fingerprint density at radius 3 is 2.36 bits per heavy atom. The first-order valence-corrected chi connectivity index (χ1v) is 12.4. The SMILES string of the molecule is O=C(CSc1nc2ccccc2c(=O)n1-c1ccc(F)cc1)Nc1ccccc1Cc1ccccc1. The minimum atomic E-state index is -0.400. The van der Waals surface area contributed by atoms with Crippen LogP contribution in [0.4, 0.5) is 10.1 Å². The summed E-state index contributed by atoms with van der Waals surface area (Å²) in [5, 5.41) is 3.80. The lowest BCUT2D eigenvalue weighted by Crippen LogP contribution is -2.23. The van der Waals surface area contributed by atoms with Gasteiger partial charge >= 0.3 is 0 Å². The smallest absolute Gasteiger partial charge is 0.266 e. The number of carbonyl (C=O) groups excluding carboxylic acids is 1. The summed E-state index contributed by atoms with van der Waals surface area (Å²) in [7, 11) is 0. The number of amides is 1. The summed E-state index contributed by atoms with van der Waals surface area (Å²) in [4.78, 5) is 30.9. The number of thioether (sulfide) groups is 1. The van der Waals surface area contributed by atoms with E-state index in [0.29, 0.717) is 28.2 Å². The van der Waals surface area contributed by atoms with Crippen molar-refractivity contribution in [3.63, 3.8) is 0 Å². The molecule has 0 aliphatic carbocycles. The molecule has 5 nitrogen and oxygen atoms in total. The van der Waals surface area contributed by atoms with Gasteiger partial charge in [-0.3, -0.25) is 14.2 Å². The Morgan fingerprint density at radius 1 is 0.861 bits per heavy atom. The average molecular weight is 496 g/mol. The van der Waals surface area contributed by atoms with Gasteiger partial charge in [0.1, 0.15) is 5.82 Å². The van der Waals surface area contributed by atoms with Crippen LogP contribution in [0.5, 0.6) is 0 Å². The molecule has 7 heteroatoms. The molecule has 0 atom stereocenters. The molecule has 1 heterocycles. The van der Waals surface area contributed by atoms with Crippen molar-refractivity contribution in [1.82, 2.24) is 9.55 Å². The zero-order valence-electron chi connectivity index (χ0n) is 19.2. The molecule has 0 fully saturated rings. The maximum Gasteiger partial charge on any atom is 0.266 e. The van der Waals surface area contributed by atoms with E-state index in [9.17, 15) is 14.0 Å². The Kier molecular flexibility index (Phi) is 6.91. The van der Waals surface area contributed by atoms with Crippen LogP contribution in [-0.4, -0.2) is 21.2 Å². The van der Waals surface area contributed by atoms with Gasteiger partial charge in [-0.25, -0.2) is 9.37 Å². The van der Waals surface area contributed by atoms with Crippen LogP contribution >= 0.6 is 11.8 Å². The molecule has 0 saturated carbocycles. The van der Waals surface area contributed by atoms with E-state index in [0.717, 1.165) is 28.6 Å². The number of nitrogens with one attached hydrogen (secondary N) is 1. The molecule has 0 aliphatic heterocycles. The predicted octanol–water partition coefficient (Wildman–Crippen LogP) is 5.85. The average Bonchev–Trinajstić information content (AvgIpc) is 2.90. The van der Waals surface area contributed by atoms with E-state index in [1.54, 1.807) is 18.2 Å². The van der Waals surface area contributed by atoms with Crippen molar-refractivity contribution >= 4 is 34.3 Å². The molecule has 0 bridgehead atoms. The summed E-state index contributed by atoms with van der Waals surface area (Å²) < 4.78 is 14.9. The van der Waals surface area contributed by atoms with Gasteiger partial charge in [0.15, 0.2) is 5.16 Å². The highest BCUT2D eigenvalue weighted by atomic mass is 32.2. The third-order valence-corrected chi connectivity index (χ3v) is 6.63. The number of benzene rings is 4. The maximum absolute atomic E-state index is 13.5. The number of rotatable bonds is 7. The fourth-order valence-corrected chi connectivity index (χ4v) is 4.77. The van der Waals surface area contributed by atoms with Crippen molar-refractivity contribution in [3.8, 4) is 5.69 Å². The summed E-state index contributed by atoms with van der Waals surface area (Å²) in [5.41, 5.74) is 3.65. The van der Waals surface area contributed by atoms with Gasteiger partial charge in [0.05, 0.1) is 22.3 Å². The molecule has 4 aromatic carbocycles. The highest BCUT2D eigenvalue weighted by Gasteiger charge is 2.15. The van der Waals surface area contributed by atoms with Crippen LogP contribution in [0.25, 0.3) is 16.6 Å². The summed E-state index contributed by atoms with van der Waals surface area (Å²) in [6.07, 6.45) is 0.695. The third-order valence-electron chi connectivity index (χ3n) is 5.69. The zero-order chi connectivity index (χ0) is 24.9. The van der Waals surface area contributed by atoms with Crippen molar-refractivity contribution in [1.29, 1.82) is 0 Å². The van der Waals surface area contributed by atoms with E-state index in [1.807, 2.05) is 48.5 Å². The summed E-state index contributed by atoms with van der Waals surface area (Å²) in [6.45, 7) is 0. The number of nitrogens with zero attached hydrogens (tertiary/aromatic N) is 2. The van der Waals surface area contributed by atoms with Gasteiger partial charge in [0, 0.05) is 5.69 Å². The standard InChI is InChI=1S/C29H22FN3O2S/c30-22-14-16-23(17-15-22)33-28(35)24-11-5-7-13-26(24)32-29(33)36-19-27(34)31-25-12-6-4-10-21(25)18-20-8-2-1-3-9-20/h1-17H,18-19H2,(H,31,34). The van der Waals surface area contributed by atoms with Crippen LogP contribution in [-0.2, 0) is 11.2 Å². The molecular weight excluding hydrogens is 473 g/mol. The minimum Gasteiger partial charge on any atom is -0.325 e. The van der Waals surface area contributed by atoms with Gasteiger partial charge in [-0.2, -0.15) is 0 Å². The van der Waals surface area contributed by atoms with E-state index < -0.39 is 5.82 Å². The second-order valence-corrected chi connectivity index (χ2v) is 9.13. The Bertz CT molecular complexity index is 1580. The fraction of sp³-hybridized carbons (Fsp3) is 0.0690. The van der Waals surface area contributed by atoms with Gasteiger partial charge in [-0.1, -0.05) is 72.4 Å². The predicted molar refractivity (Wildman–Crippen MR) is 142 cm³/mol. The number of hydrogen-bond donors (Lipinski definition) is 1. The first-order valence-electron chi connectivity index (χ1n) is 11.4. The zero-order valence-corrected chi connectivity index (χ0v) is 20.0. The summed E-state index contributed by atoms with van der Waals surface area (Å²) >= 11 is 1.16. The van der Waals surface area contributed by atoms with E-state index in [1.165, 1.54) is 28.8 Å². The molecule has 5 rings (SSSR count). The fourth-order valence-electron chi connectivity index (χ4n) is 3.96. The van der Waals surface area contributed by atoms with Crippen molar-refractivity contribution in [2.75, 3.05) is 11.1 Å². The van der Waals surface area contributed by atoms with Crippen LogP contribution in [0.3, 0.4) is 0 Å². The molecule has 0 aliphatic rings. The van der Waals surface area contributed by atoms with Crippen molar-refractivity contribution in [2.45, 2.75) is 11.6 Å². The Hall–Kier alpha value is -4.23. The summed E-state index contributed by atoms with van der Waals surface area (Å²) in [5.74, 6) is -0.567. The lowest BCUT2D eigenvalue weighted by atomic mass is 10.0. The number of halogens is 1. The Balaban J connectivity index is 1.40. The van der Waals surface area contributed by atoms with E-state index >= 15 is 0 Å². The normalized spacial score (nSPS) is 10.9. The number of anilines is 1. The Labute approximate surface area is 211 Å². The van der Waals surface area contributed by atoms with Gasteiger partial charge in [0.25, 0.3) is 5.56 Å². The molecule has 0 spiro atoms. The van der Waals surface area contributed by atoms with Crippen molar-refractivity contribution in [2.24, 2.45) is 0 Å². The molecule has 36 heavy (non-hydrogen) atoms. The van der Waals surface area contributed by atoms with Crippen LogP contribution in [0, 0.1) is 5.82 Å². The molecule has 0 unspecified atom stereocenters. The molecule has 0 radical (unpaired) electrons.